The molecule has 0 radical (unpaired) electrons. The van der Waals surface area contributed by atoms with Crippen molar-refractivity contribution in [2.24, 2.45) is 0 Å². The molecule has 10 heteroatoms. The van der Waals surface area contributed by atoms with Crippen LogP contribution in [-0.4, -0.2) is 70.6 Å². The van der Waals surface area contributed by atoms with Gasteiger partial charge in [0, 0.05) is 18.6 Å². The van der Waals surface area contributed by atoms with Crippen molar-refractivity contribution in [3.05, 3.63) is 0 Å². The van der Waals surface area contributed by atoms with E-state index in [4.69, 9.17) is 20.7 Å². The molecule has 0 heterocycles. The zero-order chi connectivity index (χ0) is 16.3. The maximum Gasteiger partial charge on any atom is 0.321 e. The predicted octanol–water partition coefficient (Wildman–Crippen LogP) is -0.780. The molecule has 0 saturated heterocycles. The molecule has 0 rings (SSSR count). The van der Waals surface area contributed by atoms with Gasteiger partial charge in [-0.1, -0.05) is 0 Å². The molecule has 0 aromatic rings. The highest BCUT2D eigenvalue weighted by Gasteiger charge is 2.21. The Morgan fingerprint density at radius 2 is 1.86 bits per heavy atom. The van der Waals surface area contributed by atoms with Crippen LogP contribution in [0.3, 0.4) is 0 Å². The molecule has 0 amide bonds. The largest absolute Gasteiger partial charge is 0.481 e. The lowest BCUT2D eigenvalue weighted by Gasteiger charge is -2.23. The number of carboxylic acids is 2. The van der Waals surface area contributed by atoms with E-state index < -0.39 is 24.4 Å². The van der Waals surface area contributed by atoms with Crippen LogP contribution in [0.2, 0.25) is 0 Å². The molecule has 0 spiro atoms. The second-order valence-electron chi connectivity index (χ2n) is 4.58. The van der Waals surface area contributed by atoms with Crippen LogP contribution in [0.5, 0.6) is 0 Å². The molecule has 0 aliphatic heterocycles. The van der Waals surface area contributed by atoms with Crippen LogP contribution in [0.25, 0.3) is 0 Å². The molecular weight excluding hydrogens is 288 g/mol. The highest BCUT2D eigenvalue weighted by Crippen LogP contribution is 1.98. The Balaban J connectivity index is 4.21. The minimum absolute atomic E-state index is 0.0365. The third-order valence-corrected chi connectivity index (χ3v) is 2.70. The van der Waals surface area contributed by atoms with Gasteiger partial charge in [-0.15, -0.1) is 0 Å². The highest BCUT2D eigenvalue weighted by atomic mass is 17.1. The SMILES string of the molecule is CC(CNC(CC(=O)O)C(=O)O)NC(CCOO)COO. The van der Waals surface area contributed by atoms with Gasteiger partial charge < -0.3 is 20.8 Å². The summed E-state index contributed by atoms with van der Waals surface area (Å²) >= 11 is 0. The van der Waals surface area contributed by atoms with Crippen molar-refractivity contribution >= 4 is 11.9 Å². The van der Waals surface area contributed by atoms with Crippen LogP contribution in [-0.2, 0) is 19.4 Å². The molecule has 0 fully saturated rings. The van der Waals surface area contributed by atoms with Gasteiger partial charge >= 0.3 is 11.9 Å². The molecule has 0 aromatic carbocycles. The van der Waals surface area contributed by atoms with Gasteiger partial charge in [0.1, 0.15) is 6.04 Å². The lowest BCUT2D eigenvalue weighted by Crippen LogP contribution is -2.48. The van der Waals surface area contributed by atoms with Gasteiger partial charge in [0.15, 0.2) is 0 Å². The first-order chi connectivity index (χ1) is 9.90. The van der Waals surface area contributed by atoms with Crippen molar-refractivity contribution in [3.63, 3.8) is 0 Å². The van der Waals surface area contributed by atoms with Crippen molar-refractivity contribution < 1.29 is 40.1 Å². The number of hydrogen-bond acceptors (Lipinski definition) is 8. The van der Waals surface area contributed by atoms with E-state index in [9.17, 15) is 9.59 Å². The number of carboxylic acid groups (broad SMARTS) is 2. The molecule has 21 heavy (non-hydrogen) atoms. The van der Waals surface area contributed by atoms with E-state index >= 15 is 0 Å². The van der Waals surface area contributed by atoms with Crippen LogP contribution in [0, 0.1) is 0 Å². The summed E-state index contributed by atoms with van der Waals surface area (Å²) < 4.78 is 0. The Kier molecular flexibility index (Phi) is 10.7. The second kappa shape index (κ2) is 11.4. The lowest BCUT2D eigenvalue weighted by molar-refractivity contribution is -0.257. The van der Waals surface area contributed by atoms with E-state index in [2.05, 4.69) is 20.4 Å². The summed E-state index contributed by atoms with van der Waals surface area (Å²) in [5.74, 6) is -2.45. The fourth-order valence-corrected chi connectivity index (χ4v) is 1.70. The van der Waals surface area contributed by atoms with Gasteiger partial charge in [0.05, 0.1) is 19.6 Å². The minimum Gasteiger partial charge on any atom is -0.481 e. The molecule has 6 N–H and O–H groups in total. The first kappa shape index (κ1) is 19.7. The van der Waals surface area contributed by atoms with Crippen LogP contribution >= 0.6 is 0 Å². The molecule has 0 aliphatic rings. The summed E-state index contributed by atoms with van der Waals surface area (Å²) in [4.78, 5) is 29.4. The van der Waals surface area contributed by atoms with E-state index in [-0.39, 0.29) is 31.8 Å². The van der Waals surface area contributed by atoms with Gasteiger partial charge in [-0.2, -0.15) is 0 Å². The summed E-state index contributed by atoms with van der Waals surface area (Å²) in [6.07, 6.45) is -0.164. The standard InChI is InChI=1S/C11H22N2O8/c1-7(13-8(6-21-19)2-3-20-18)5-12-9(11(16)17)4-10(14)15/h7-9,12-13,18-19H,2-6H2,1H3,(H,14,15)(H,16,17). The van der Waals surface area contributed by atoms with E-state index in [0.29, 0.717) is 6.42 Å². The number of rotatable bonds is 13. The monoisotopic (exact) mass is 310 g/mol. The number of hydrogen-bond donors (Lipinski definition) is 6. The smallest absolute Gasteiger partial charge is 0.321 e. The zero-order valence-corrected chi connectivity index (χ0v) is 11.7. The Morgan fingerprint density at radius 3 is 2.33 bits per heavy atom. The number of aliphatic carboxylic acids is 2. The molecule has 10 nitrogen and oxygen atoms in total. The molecule has 0 aromatic heterocycles. The summed E-state index contributed by atoms with van der Waals surface area (Å²) in [6.45, 7) is 1.95. The molecule has 0 aliphatic carbocycles. The van der Waals surface area contributed by atoms with Crippen LogP contribution in [0.15, 0.2) is 0 Å². The zero-order valence-electron chi connectivity index (χ0n) is 11.7. The third kappa shape index (κ3) is 10.1. The fraction of sp³-hybridized carbons (Fsp3) is 0.818. The van der Waals surface area contributed by atoms with Crippen LogP contribution in [0.4, 0.5) is 0 Å². The Bertz CT molecular complexity index is 315. The molecule has 3 unspecified atom stereocenters. The van der Waals surface area contributed by atoms with Gasteiger partial charge in [-0.3, -0.25) is 20.1 Å². The topological polar surface area (TPSA) is 158 Å². The molecule has 0 bridgehead atoms. The van der Waals surface area contributed by atoms with E-state index in [1.165, 1.54) is 0 Å². The van der Waals surface area contributed by atoms with Crippen LogP contribution < -0.4 is 10.6 Å². The van der Waals surface area contributed by atoms with Gasteiger partial charge in [-0.25, -0.2) is 9.78 Å². The van der Waals surface area contributed by atoms with E-state index in [1.54, 1.807) is 6.92 Å². The molecule has 3 atom stereocenters. The number of nitrogens with one attached hydrogen (secondary N) is 2. The maximum absolute atomic E-state index is 10.9. The summed E-state index contributed by atoms with van der Waals surface area (Å²) in [7, 11) is 0. The van der Waals surface area contributed by atoms with Crippen molar-refractivity contribution in [2.75, 3.05) is 19.8 Å². The highest BCUT2D eigenvalue weighted by molar-refractivity contribution is 5.80. The van der Waals surface area contributed by atoms with Crippen molar-refractivity contribution in [1.82, 2.24) is 10.6 Å². The van der Waals surface area contributed by atoms with Crippen molar-refractivity contribution in [1.29, 1.82) is 0 Å². The van der Waals surface area contributed by atoms with Crippen LogP contribution in [0.1, 0.15) is 19.8 Å². The Hall–Kier alpha value is -1.30. The lowest BCUT2D eigenvalue weighted by atomic mass is 10.1. The Labute approximate surface area is 121 Å². The summed E-state index contributed by atoms with van der Waals surface area (Å²) in [6, 6.07) is -1.72. The van der Waals surface area contributed by atoms with E-state index in [0.717, 1.165) is 0 Å². The normalized spacial score (nSPS) is 15.4. The predicted molar refractivity (Wildman–Crippen MR) is 69.8 cm³/mol. The first-order valence-corrected chi connectivity index (χ1v) is 6.37. The average molecular weight is 310 g/mol. The summed E-state index contributed by atoms with van der Waals surface area (Å²) in [5, 5.41) is 39.8. The second-order valence-corrected chi connectivity index (χ2v) is 4.58. The minimum atomic E-state index is -1.24. The van der Waals surface area contributed by atoms with Crippen molar-refractivity contribution in [3.8, 4) is 0 Å². The van der Waals surface area contributed by atoms with Gasteiger partial charge in [0.25, 0.3) is 0 Å². The Morgan fingerprint density at radius 1 is 1.19 bits per heavy atom. The fourth-order valence-electron chi connectivity index (χ4n) is 1.70. The van der Waals surface area contributed by atoms with Crippen molar-refractivity contribution in [2.45, 2.75) is 37.9 Å². The quantitative estimate of drug-likeness (QED) is 0.188. The molecular formula is C11H22N2O8. The van der Waals surface area contributed by atoms with Gasteiger partial charge in [-0.05, 0) is 13.3 Å². The average Bonchev–Trinajstić information content (AvgIpc) is 2.40. The molecule has 124 valence electrons. The van der Waals surface area contributed by atoms with E-state index in [1.807, 2.05) is 0 Å². The maximum atomic E-state index is 10.9. The first-order valence-electron chi connectivity index (χ1n) is 6.37. The molecule has 0 saturated carbocycles. The summed E-state index contributed by atoms with van der Waals surface area (Å²) in [5.41, 5.74) is 0. The third-order valence-electron chi connectivity index (χ3n) is 2.70. The number of carbonyl (C=O) groups is 2. The van der Waals surface area contributed by atoms with Gasteiger partial charge in [0.2, 0.25) is 0 Å².